The van der Waals surface area contributed by atoms with Gasteiger partial charge in [0.05, 0.1) is 12.0 Å². The van der Waals surface area contributed by atoms with Crippen molar-refractivity contribution in [2.45, 2.75) is 11.8 Å². The number of rotatable bonds is 6. The second kappa shape index (κ2) is 9.63. The van der Waals surface area contributed by atoms with Crippen LogP contribution in [-0.4, -0.2) is 29.0 Å². The lowest BCUT2D eigenvalue weighted by Crippen LogP contribution is -2.36. The smallest absolute Gasteiger partial charge is 0.331 e. The molecule has 0 saturated carbocycles. The van der Waals surface area contributed by atoms with Crippen LogP contribution in [0.3, 0.4) is 0 Å². The summed E-state index contributed by atoms with van der Waals surface area (Å²) in [5.41, 5.74) is 2.71. The maximum atomic E-state index is 12.3. The predicted molar refractivity (Wildman–Crippen MR) is 126 cm³/mol. The van der Waals surface area contributed by atoms with Gasteiger partial charge in [0, 0.05) is 22.1 Å². The van der Waals surface area contributed by atoms with E-state index in [2.05, 4.69) is 15.0 Å². The summed E-state index contributed by atoms with van der Waals surface area (Å²) in [5.74, 6) is -0.283. The highest BCUT2D eigenvalue weighted by molar-refractivity contribution is 7.98. The van der Waals surface area contributed by atoms with Crippen molar-refractivity contribution in [3.63, 3.8) is 0 Å². The molecule has 0 aliphatic heterocycles. The third-order valence-corrected chi connectivity index (χ3v) is 5.64. The number of imide groups is 1. The molecule has 172 valence electrons. The van der Waals surface area contributed by atoms with Gasteiger partial charge in [0.25, 0.3) is 5.91 Å². The number of ether oxygens (including phenoxy) is 1. The van der Waals surface area contributed by atoms with Gasteiger partial charge in [0.2, 0.25) is 5.89 Å². The molecular formula is C23H18N4O6S. The van der Waals surface area contributed by atoms with Crippen LogP contribution in [0.5, 0.6) is 5.75 Å². The molecule has 11 heteroatoms. The van der Waals surface area contributed by atoms with Crippen LogP contribution in [0.1, 0.15) is 15.9 Å². The Morgan fingerprint density at radius 3 is 2.65 bits per heavy atom. The standard InChI is InChI=1S/C23H18N4O6S/c1-13-5-3-4-6-16(13)22-24-17-12-15(8-10-19(17)33-22)34-26-23(29)25-21(28)14-7-9-20(32-2)18(11-14)27(30)31/h3-12H,1-2H3,(H2,25,26,28,29). The van der Waals surface area contributed by atoms with Gasteiger partial charge in [-0.15, -0.1) is 0 Å². The number of nitrogens with zero attached hydrogens (tertiary/aromatic N) is 2. The van der Waals surface area contributed by atoms with E-state index in [9.17, 15) is 19.7 Å². The molecule has 0 aliphatic carbocycles. The van der Waals surface area contributed by atoms with E-state index in [1.807, 2.05) is 31.2 Å². The molecule has 0 bridgehead atoms. The number of nitro benzene ring substituents is 1. The fraction of sp³-hybridized carbons (Fsp3) is 0.0870. The third-order valence-electron chi connectivity index (χ3n) is 4.86. The van der Waals surface area contributed by atoms with Crippen LogP contribution in [-0.2, 0) is 0 Å². The van der Waals surface area contributed by atoms with Crippen LogP contribution in [0, 0.1) is 17.0 Å². The number of carbonyl (C=O) groups is 2. The van der Waals surface area contributed by atoms with Crippen molar-refractivity contribution in [3.8, 4) is 17.2 Å². The number of urea groups is 1. The van der Waals surface area contributed by atoms with Crippen LogP contribution < -0.4 is 14.8 Å². The first-order valence-electron chi connectivity index (χ1n) is 9.93. The minimum absolute atomic E-state index is 0.00962. The minimum Gasteiger partial charge on any atom is -0.490 e. The van der Waals surface area contributed by atoms with Crippen molar-refractivity contribution in [1.82, 2.24) is 15.0 Å². The number of aromatic nitrogens is 1. The van der Waals surface area contributed by atoms with Gasteiger partial charge in [-0.25, -0.2) is 9.78 Å². The van der Waals surface area contributed by atoms with E-state index in [1.54, 1.807) is 18.2 Å². The molecule has 0 radical (unpaired) electrons. The van der Waals surface area contributed by atoms with E-state index in [1.165, 1.54) is 19.2 Å². The summed E-state index contributed by atoms with van der Waals surface area (Å²) >= 11 is 0.979. The highest BCUT2D eigenvalue weighted by Crippen LogP contribution is 2.29. The van der Waals surface area contributed by atoms with Gasteiger partial charge in [0.1, 0.15) is 5.52 Å². The molecule has 0 spiro atoms. The van der Waals surface area contributed by atoms with E-state index in [0.717, 1.165) is 29.1 Å². The van der Waals surface area contributed by atoms with Crippen LogP contribution >= 0.6 is 11.9 Å². The normalized spacial score (nSPS) is 10.6. The predicted octanol–water partition coefficient (Wildman–Crippen LogP) is 4.87. The largest absolute Gasteiger partial charge is 0.490 e. The number of hydrogen-bond donors (Lipinski definition) is 2. The summed E-state index contributed by atoms with van der Waals surface area (Å²) < 4.78 is 13.2. The van der Waals surface area contributed by atoms with E-state index >= 15 is 0 Å². The molecule has 1 heterocycles. The van der Waals surface area contributed by atoms with Crippen LogP contribution in [0.25, 0.3) is 22.6 Å². The second-order valence-electron chi connectivity index (χ2n) is 7.09. The van der Waals surface area contributed by atoms with Gasteiger partial charge >= 0.3 is 11.7 Å². The molecule has 0 unspecified atom stereocenters. The van der Waals surface area contributed by atoms with Crippen LogP contribution in [0.4, 0.5) is 10.5 Å². The Morgan fingerprint density at radius 1 is 1.12 bits per heavy atom. The van der Waals surface area contributed by atoms with Gasteiger partial charge < -0.3 is 9.15 Å². The molecule has 4 rings (SSSR count). The maximum Gasteiger partial charge on any atom is 0.331 e. The summed E-state index contributed by atoms with van der Waals surface area (Å²) in [6.07, 6.45) is 0. The zero-order chi connectivity index (χ0) is 24.2. The summed E-state index contributed by atoms with van der Waals surface area (Å²) in [7, 11) is 1.28. The molecule has 0 fully saturated rings. The first kappa shape index (κ1) is 22.8. The molecular weight excluding hydrogens is 460 g/mol. The molecule has 34 heavy (non-hydrogen) atoms. The Hall–Kier alpha value is -4.38. The topological polar surface area (TPSA) is 137 Å². The van der Waals surface area contributed by atoms with E-state index in [-0.39, 0.29) is 17.0 Å². The quantitative estimate of drug-likeness (QED) is 0.228. The number of carbonyl (C=O) groups excluding carboxylic acids is 2. The number of methoxy groups -OCH3 is 1. The van der Waals surface area contributed by atoms with Crippen molar-refractivity contribution in [1.29, 1.82) is 0 Å². The Morgan fingerprint density at radius 2 is 1.91 bits per heavy atom. The van der Waals surface area contributed by atoms with Crippen molar-refractivity contribution in [2.75, 3.05) is 7.11 Å². The zero-order valence-electron chi connectivity index (χ0n) is 18.0. The average Bonchev–Trinajstić information content (AvgIpc) is 3.25. The molecule has 0 aliphatic rings. The van der Waals surface area contributed by atoms with Crippen molar-refractivity contribution in [3.05, 3.63) is 81.9 Å². The number of fused-ring (bicyclic) bond motifs is 1. The van der Waals surface area contributed by atoms with Gasteiger partial charge in [-0.05, 0) is 60.8 Å². The summed E-state index contributed by atoms with van der Waals surface area (Å²) in [4.78, 5) is 40.1. The Kier molecular flexibility index (Phi) is 6.46. The Labute approximate surface area is 197 Å². The molecule has 1 aromatic heterocycles. The molecule has 3 aromatic carbocycles. The highest BCUT2D eigenvalue weighted by Gasteiger charge is 2.19. The molecule has 2 N–H and O–H groups in total. The van der Waals surface area contributed by atoms with Gasteiger partial charge in [-0.1, -0.05) is 18.2 Å². The molecule has 3 amide bonds. The number of hydrogen-bond acceptors (Lipinski definition) is 8. The maximum absolute atomic E-state index is 12.3. The van der Waals surface area contributed by atoms with E-state index in [0.29, 0.717) is 21.9 Å². The molecule has 10 nitrogen and oxygen atoms in total. The lowest BCUT2D eigenvalue weighted by Gasteiger charge is -2.07. The van der Waals surface area contributed by atoms with Crippen LogP contribution in [0.15, 0.2) is 70.0 Å². The third kappa shape index (κ3) is 4.84. The number of nitro groups is 1. The molecule has 0 atom stereocenters. The summed E-state index contributed by atoms with van der Waals surface area (Å²) in [6.45, 7) is 1.97. The fourth-order valence-electron chi connectivity index (χ4n) is 3.18. The van der Waals surface area contributed by atoms with Crippen molar-refractivity contribution >= 4 is 40.7 Å². The Bertz CT molecular complexity index is 1420. The van der Waals surface area contributed by atoms with Crippen molar-refractivity contribution in [2.24, 2.45) is 0 Å². The first-order valence-corrected chi connectivity index (χ1v) is 10.7. The highest BCUT2D eigenvalue weighted by atomic mass is 32.2. The SMILES string of the molecule is COc1ccc(C(=O)NC(=O)NSc2ccc3oc(-c4ccccc4C)nc3c2)cc1[N+](=O)[O-]. The molecule has 4 aromatic rings. The second-order valence-corrected chi connectivity index (χ2v) is 7.97. The number of aryl methyl sites for hydroxylation is 1. The lowest BCUT2D eigenvalue weighted by atomic mass is 10.1. The fourth-order valence-corrected chi connectivity index (χ4v) is 3.75. The molecule has 0 saturated heterocycles. The summed E-state index contributed by atoms with van der Waals surface area (Å²) in [5, 5.41) is 13.3. The summed E-state index contributed by atoms with van der Waals surface area (Å²) in [6, 6.07) is 15.9. The van der Waals surface area contributed by atoms with E-state index in [4.69, 9.17) is 9.15 Å². The number of nitrogens with one attached hydrogen (secondary N) is 2. The van der Waals surface area contributed by atoms with Gasteiger partial charge in [0.15, 0.2) is 11.3 Å². The van der Waals surface area contributed by atoms with Gasteiger partial charge in [-0.3, -0.25) is 24.9 Å². The van der Waals surface area contributed by atoms with E-state index < -0.39 is 16.9 Å². The number of amides is 3. The number of benzene rings is 3. The van der Waals surface area contributed by atoms with Crippen LogP contribution in [0.2, 0.25) is 0 Å². The lowest BCUT2D eigenvalue weighted by molar-refractivity contribution is -0.385. The van der Waals surface area contributed by atoms with Gasteiger partial charge in [-0.2, -0.15) is 0 Å². The minimum atomic E-state index is -0.793. The Balaban J connectivity index is 1.41. The first-order chi connectivity index (χ1) is 16.4. The monoisotopic (exact) mass is 478 g/mol. The van der Waals surface area contributed by atoms with Crippen molar-refractivity contribution < 1.29 is 23.7 Å². The zero-order valence-corrected chi connectivity index (χ0v) is 18.8. The number of oxazole rings is 1. The average molecular weight is 478 g/mol.